The molecule has 0 radical (unpaired) electrons. The molecule has 148 valence electrons. The highest BCUT2D eigenvalue weighted by atomic mass is 35.5. The Bertz CT molecular complexity index is 1300. The van der Waals surface area contributed by atoms with Gasteiger partial charge in [-0.05, 0) is 43.3 Å². The quantitative estimate of drug-likeness (QED) is 0.459. The van der Waals surface area contributed by atoms with Crippen LogP contribution in [-0.2, 0) is 0 Å². The average Bonchev–Trinajstić information content (AvgIpc) is 3.16. The number of fused-ring (bicyclic) bond motifs is 3. The molecule has 0 saturated carbocycles. The van der Waals surface area contributed by atoms with Crippen molar-refractivity contribution in [3.8, 4) is 17.2 Å². The summed E-state index contributed by atoms with van der Waals surface area (Å²) in [5.41, 5.74) is 1.93. The van der Waals surface area contributed by atoms with Crippen LogP contribution in [0.25, 0.3) is 17.2 Å². The maximum atomic E-state index is 14.7. The predicted molar refractivity (Wildman–Crippen MR) is 111 cm³/mol. The zero-order valence-corrected chi connectivity index (χ0v) is 17.0. The molecular formula is C20H12Cl2FN7. The number of hydrogen-bond donors (Lipinski definition) is 0. The maximum absolute atomic E-state index is 14.7. The van der Waals surface area contributed by atoms with Crippen molar-refractivity contribution >= 4 is 28.9 Å². The van der Waals surface area contributed by atoms with Gasteiger partial charge in [-0.15, -0.1) is 15.3 Å². The lowest BCUT2D eigenvalue weighted by Crippen LogP contribution is -2.12. The molecule has 0 amide bonds. The van der Waals surface area contributed by atoms with E-state index in [1.807, 2.05) is 6.92 Å². The first kappa shape index (κ1) is 18.8. The highest BCUT2D eigenvalue weighted by Gasteiger charge is 2.31. The number of nitrogens with zero attached hydrogens (tertiary/aromatic N) is 7. The van der Waals surface area contributed by atoms with Crippen LogP contribution in [0.3, 0.4) is 0 Å². The topological polar surface area (TPSA) is 81.7 Å². The Hall–Kier alpha value is -3.23. The lowest BCUT2D eigenvalue weighted by atomic mass is 10.0. The fraction of sp³-hybridized carbons (Fsp3) is 0.100. The molecule has 4 aromatic rings. The highest BCUT2D eigenvalue weighted by Crippen LogP contribution is 2.38. The molecule has 0 saturated heterocycles. The van der Waals surface area contributed by atoms with Crippen LogP contribution in [0.4, 0.5) is 4.39 Å². The number of halogens is 3. The third-order valence-corrected chi connectivity index (χ3v) is 5.52. The number of rotatable bonds is 2. The number of aromatic nitrogens is 6. The monoisotopic (exact) mass is 439 g/mol. The number of aliphatic imine (C=N–C) groups is 1. The van der Waals surface area contributed by atoms with Gasteiger partial charge in [0.05, 0.1) is 21.4 Å². The third-order valence-electron chi connectivity index (χ3n) is 4.72. The van der Waals surface area contributed by atoms with Crippen molar-refractivity contribution in [3.63, 3.8) is 0 Å². The minimum atomic E-state index is -0.516. The van der Waals surface area contributed by atoms with E-state index >= 15 is 0 Å². The van der Waals surface area contributed by atoms with Crippen LogP contribution in [-0.4, -0.2) is 35.7 Å². The van der Waals surface area contributed by atoms with E-state index in [1.54, 1.807) is 35.0 Å². The van der Waals surface area contributed by atoms with Crippen molar-refractivity contribution in [1.82, 2.24) is 29.9 Å². The first-order valence-electron chi connectivity index (χ1n) is 8.97. The summed E-state index contributed by atoms with van der Waals surface area (Å²) in [7, 11) is 0. The summed E-state index contributed by atoms with van der Waals surface area (Å²) in [6.07, 6.45) is 3.07. The van der Waals surface area contributed by atoms with Crippen molar-refractivity contribution in [2.24, 2.45) is 4.99 Å². The van der Waals surface area contributed by atoms with Crippen LogP contribution in [0.1, 0.15) is 30.0 Å². The molecule has 0 unspecified atom stereocenters. The van der Waals surface area contributed by atoms with E-state index in [0.29, 0.717) is 39.3 Å². The molecule has 1 atom stereocenters. The normalized spacial score (nSPS) is 15.2. The van der Waals surface area contributed by atoms with Crippen LogP contribution < -0.4 is 0 Å². The molecule has 4 heterocycles. The molecule has 7 nitrogen and oxygen atoms in total. The van der Waals surface area contributed by atoms with Crippen molar-refractivity contribution < 1.29 is 4.39 Å². The second kappa shape index (κ2) is 7.23. The van der Waals surface area contributed by atoms with Gasteiger partial charge in [0.15, 0.2) is 17.5 Å². The Morgan fingerprint density at radius 1 is 1.00 bits per heavy atom. The third kappa shape index (κ3) is 2.88. The molecule has 0 spiro atoms. The molecule has 0 fully saturated rings. The standard InChI is InChI=1S/C20H12Cl2FN7/c1-10-19-28-29-20(13-5-3-9-25-27-13)30(19)14-7-6-11(21)16(22)15(14)18(26-10)17-12(23)4-2-8-24-17/h2-10H,1H3/t10-/m0/s1. The van der Waals surface area contributed by atoms with Gasteiger partial charge in [0.25, 0.3) is 0 Å². The smallest absolute Gasteiger partial charge is 0.189 e. The highest BCUT2D eigenvalue weighted by molar-refractivity contribution is 6.45. The summed E-state index contributed by atoms with van der Waals surface area (Å²) >= 11 is 12.9. The van der Waals surface area contributed by atoms with Crippen molar-refractivity contribution in [1.29, 1.82) is 0 Å². The molecule has 5 rings (SSSR count). The Morgan fingerprint density at radius 3 is 2.60 bits per heavy atom. The van der Waals surface area contributed by atoms with Gasteiger partial charge in [0, 0.05) is 18.0 Å². The summed E-state index contributed by atoms with van der Waals surface area (Å²) in [6, 6.07) is 9.33. The van der Waals surface area contributed by atoms with Gasteiger partial charge in [0.1, 0.15) is 17.4 Å². The fourth-order valence-electron chi connectivity index (χ4n) is 3.40. The van der Waals surface area contributed by atoms with Gasteiger partial charge in [-0.25, -0.2) is 4.39 Å². The zero-order valence-electron chi connectivity index (χ0n) is 15.5. The summed E-state index contributed by atoms with van der Waals surface area (Å²) in [5.74, 6) is 0.487. The van der Waals surface area contributed by atoms with Gasteiger partial charge in [-0.2, -0.15) is 5.10 Å². The largest absolute Gasteiger partial charge is 0.275 e. The zero-order chi connectivity index (χ0) is 20.8. The summed E-state index contributed by atoms with van der Waals surface area (Å²) in [5, 5.41) is 17.2. The van der Waals surface area contributed by atoms with Crippen LogP contribution in [0.5, 0.6) is 0 Å². The number of pyridine rings is 1. The SMILES string of the molecule is C[C@@H]1N=C(c2ncccc2F)c2c(ccc(Cl)c2Cl)-n2c(-c3cccnn3)nnc21. The van der Waals surface area contributed by atoms with Crippen molar-refractivity contribution in [3.05, 3.63) is 81.7 Å². The van der Waals surface area contributed by atoms with Crippen LogP contribution in [0.2, 0.25) is 10.0 Å². The van der Waals surface area contributed by atoms with Gasteiger partial charge in [-0.3, -0.25) is 14.5 Å². The fourth-order valence-corrected chi connectivity index (χ4v) is 3.81. The molecule has 1 aromatic carbocycles. The minimum absolute atomic E-state index is 0.0783. The Kier molecular flexibility index (Phi) is 4.52. The first-order chi connectivity index (χ1) is 14.6. The van der Waals surface area contributed by atoms with E-state index in [9.17, 15) is 4.39 Å². The van der Waals surface area contributed by atoms with Crippen LogP contribution in [0.15, 0.2) is 53.8 Å². The molecular weight excluding hydrogens is 428 g/mol. The molecule has 10 heteroatoms. The predicted octanol–water partition coefficient (Wildman–Crippen LogP) is 4.48. The van der Waals surface area contributed by atoms with E-state index in [2.05, 4.69) is 25.4 Å². The van der Waals surface area contributed by atoms with E-state index < -0.39 is 11.9 Å². The number of benzene rings is 1. The molecule has 0 bridgehead atoms. The second-order valence-corrected chi connectivity index (χ2v) is 7.35. The Labute approximate surface area is 180 Å². The molecule has 1 aliphatic rings. The lowest BCUT2D eigenvalue weighted by Gasteiger charge is -2.15. The molecule has 30 heavy (non-hydrogen) atoms. The summed E-state index contributed by atoms with van der Waals surface area (Å²) in [4.78, 5) is 8.91. The molecule has 0 aliphatic carbocycles. The summed E-state index contributed by atoms with van der Waals surface area (Å²) in [6.45, 7) is 1.84. The Morgan fingerprint density at radius 2 is 1.83 bits per heavy atom. The first-order valence-corrected chi connectivity index (χ1v) is 9.72. The molecule has 1 aliphatic heterocycles. The van der Waals surface area contributed by atoms with E-state index in [-0.39, 0.29) is 10.7 Å². The second-order valence-electron chi connectivity index (χ2n) is 6.57. The average molecular weight is 440 g/mol. The lowest BCUT2D eigenvalue weighted by molar-refractivity contribution is 0.617. The van der Waals surface area contributed by atoms with Gasteiger partial charge in [-0.1, -0.05) is 23.2 Å². The van der Waals surface area contributed by atoms with Crippen molar-refractivity contribution in [2.75, 3.05) is 0 Å². The maximum Gasteiger partial charge on any atom is 0.189 e. The van der Waals surface area contributed by atoms with Crippen molar-refractivity contribution in [2.45, 2.75) is 13.0 Å². The molecule has 3 aromatic heterocycles. The minimum Gasteiger partial charge on any atom is -0.275 e. The van der Waals surface area contributed by atoms with E-state index in [4.69, 9.17) is 28.2 Å². The van der Waals surface area contributed by atoms with Crippen LogP contribution in [0, 0.1) is 5.82 Å². The van der Waals surface area contributed by atoms with E-state index in [1.165, 1.54) is 18.3 Å². The Balaban J connectivity index is 1.86. The van der Waals surface area contributed by atoms with Gasteiger partial charge < -0.3 is 0 Å². The molecule has 0 N–H and O–H groups in total. The summed E-state index contributed by atoms with van der Waals surface area (Å²) < 4.78 is 16.5. The van der Waals surface area contributed by atoms with Gasteiger partial charge >= 0.3 is 0 Å². The van der Waals surface area contributed by atoms with Gasteiger partial charge in [0.2, 0.25) is 0 Å². The number of hydrogen-bond acceptors (Lipinski definition) is 6. The van der Waals surface area contributed by atoms with E-state index in [0.717, 1.165) is 0 Å². The van der Waals surface area contributed by atoms with Crippen LogP contribution >= 0.6 is 23.2 Å².